The summed E-state index contributed by atoms with van der Waals surface area (Å²) >= 11 is 5.83. The van der Waals surface area contributed by atoms with E-state index in [1.807, 2.05) is 25.5 Å². The summed E-state index contributed by atoms with van der Waals surface area (Å²) in [5.41, 5.74) is 1.72. The Morgan fingerprint density at radius 1 is 1.33 bits per heavy atom. The van der Waals surface area contributed by atoms with Gasteiger partial charge in [-0.3, -0.25) is 14.2 Å². The van der Waals surface area contributed by atoms with Crippen LogP contribution in [0.25, 0.3) is 0 Å². The zero-order chi connectivity index (χ0) is 18.0. The molecule has 0 aliphatic heterocycles. The lowest BCUT2D eigenvalue weighted by Gasteiger charge is -2.14. The van der Waals surface area contributed by atoms with Gasteiger partial charge in [0.1, 0.15) is 12.2 Å². The van der Waals surface area contributed by atoms with Crippen molar-refractivity contribution in [3.8, 4) is 0 Å². The fourth-order valence-corrected chi connectivity index (χ4v) is 2.76. The molecule has 0 bridgehead atoms. The van der Waals surface area contributed by atoms with E-state index in [0.29, 0.717) is 5.69 Å². The largest absolute Gasteiger partial charge is 0.348 e. The third-order valence-corrected chi connectivity index (χ3v) is 4.41. The van der Waals surface area contributed by atoms with Gasteiger partial charge < -0.3 is 5.32 Å². The monoisotopic (exact) mass is 359 g/mol. The second-order valence-corrected chi connectivity index (χ2v) is 5.91. The van der Waals surface area contributed by atoms with Gasteiger partial charge in [0.15, 0.2) is 0 Å². The van der Waals surface area contributed by atoms with Gasteiger partial charge >= 0.3 is 0 Å². The van der Waals surface area contributed by atoms with Gasteiger partial charge in [-0.1, -0.05) is 11.6 Å². The smallest absolute Gasteiger partial charge is 0.283 e. The number of carbonyl (C=O) groups is 1. The second kappa shape index (κ2) is 7.29. The first-order valence-electron chi connectivity index (χ1n) is 7.58. The number of alkyl halides is 2. The lowest BCUT2D eigenvalue weighted by molar-refractivity contribution is -0.122. The van der Waals surface area contributed by atoms with E-state index >= 15 is 0 Å². The molecule has 24 heavy (non-hydrogen) atoms. The molecule has 132 valence electrons. The Bertz CT molecular complexity index is 741. The summed E-state index contributed by atoms with van der Waals surface area (Å²) in [5.74, 6) is -0.339. The molecule has 2 rings (SSSR count). The Hall–Kier alpha value is -1.96. The summed E-state index contributed by atoms with van der Waals surface area (Å²) in [7, 11) is 0. The average molecular weight is 360 g/mol. The van der Waals surface area contributed by atoms with Crippen molar-refractivity contribution in [2.24, 2.45) is 0 Å². The number of carbonyl (C=O) groups excluding carboxylic acids is 1. The standard InChI is InChI=1S/C15H20ClF2N5O/c1-5-22-9(3)11(6-19-22)8(2)20-12(24)7-23-10(4)13(16)14(21-23)15(17)18/h6,8,15H,5,7H2,1-4H3,(H,20,24). The van der Waals surface area contributed by atoms with Crippen LogP contribution in [0.5, 0.6) is 0 Å². The number of rotatable bonds is 6. The number of aryl methyl sites for hydroxylation is 1. The van der Waals surface area contributed by atoms with Crippen LogP contribution < -0.4 is 5.32 Å². The molecule has 0 fully saturated rings. The first kappa shape index (κ1) is 18.4. The molecule has 0 aliphatic carbocycles. The number of nitrogens with one attached hydrogen (secondary N) is 1. The lowest BCUT2D eigenvalue weighted by Crippen LogP contribution is -2.31. The predicted molar refractivity (Wildman–Crippen MR) is 86.1 cm³/mol. The highest BCUT2D eigenvalue weighted by Gasteiger charge is 2.22. The normalized spacial score (nSPS) is 12.7. The van der Waals surface area contributed by atoms with Crippen molar-refractivity contribution in [2.45, 2.75) is 53.3 Å². The molecule has 1 N–H and O–H groups in total. The van der Waals surface area contributed by atoms with Crippen molar-refractivity contribution < 1.29 is 13.6 Å². The van der Waals surface area contributed by atoms with E-state index in [4.69, 9.17) is 11.6 Å². The molecule has 6 nitrogen and oxygen atoms in total. The van der Waals surface area contributed by atoms with Gasteiger partial charge in [-0.05, 0) is 27.7 Å². The molecular weight excluding hydrogens is 340 g/mol. The van der Waals surface area contributed by atoms with E-state index in [-0.39, 0.29) is 23.5 Å². The van der Waals surface area contributed by atoms with E-state index < -0.39 is 12.1 Å². The molecule has 2 aromatic heterocycles. The van der Waals surface area contributed by atoms with Gasteiger partial charge in [-0.25, -0.2) is 8.78 Å². The maximum atomic E-state index is 12.8. The summed E-state index contributed by atoms with van der Waals surface area (Å²) in [4.78, 5) is 12.2. The van der Waals surface area contributed by atoms with E-state index in [9.17, 15) is 13.6 Å². The van der Waals surface area contributed by atoms with Crippen molar-refractivity contribution in [3.05, 3.63) is 33.9 Å². The van der Waals surface area contributed by atoms with Gasteiger partial charge in [0.2, 0.25) is 5.91 Å². The summed E-state index contributed by atoms with van der Waals surface area (Å²) in [6.07, 6.45) is -1.06. The van der Waals surface area contributed by atoms with Gasteiger partial charge in [0.25, 0.3) is 6.43 Å². The summed E-state index contributed by atoms with van der Waals surface area (Å²) < 4.78 is 28.6. The highest BCUT2D eigenvalue weighted by atomic mass is 35.5. The first-order chi connectivity index (χ1) is 11.3. The third-order valence-electron chi connectivity index (χ3n) is 3.94. The number of hydrogen-bond donors (Lipinski definition) is 1. The first-order valence-corrected chi connectivity index (χ1v) is 7.96. The highest BCUT2D eigenvalue weighted by Crippen LogP contribution is 2.28. The van der Waals surface area contributed by atoms with Crippen LogP contribution in [0, 0.1) is 13.8 Å². The Morgan fingerprint density at radius 2 is 2.00 bits per heavy atom. The SMILES string of the molecule is CCn1ncc(C(C)NC(=O)Cn2nc(C(F)F)c(Cl)c2C)c1C. The van der Waals surface area contributed by atoms with E-state index in [1.54, 1.807) is 13.1 Å². The molecule has 0 aromatic carbocycles. The van der Waals surface area contributed by atoms with Gasteiger partial charge in [-0.15, -0.1) is 0 Å². The molecule has 2 heterocycles. The highest BCUT2D eigenvalue weighted by molar-refractivity contribution is 6.31. The van der Waals surface area contributed by atoms with Gasteiger partial charge in [-0.2, -0.15) is 10.2 Å². The topological polar surface area (TPSA) is 64.7 Å². The predicted octanol–water partition coefficient (Wildman–Crippen LogP) is 3.18. The number of amides is 1. The molecule has 9 heteroatoms. The van der Waals surface area contributed by atoms with Crippen molar-refractivity contribution >= 4 is 17.5 Å². The fourth-order valence-electron chi connectivity index (χ4n) is 2.55. The summed E-state index contributed by atoms with van der Waals surface area (Å²) in [6, 6.07) is -0.251. The molecule has 0 radical (unpaired) electrons. The Labute approximate surface area is 143 Å². The Balaban J connectivity index is 2.08. The number of halogens is 3. The quantitative estimate of drug-likeness (QED) is 0.861. The van der Waals surface area contributed by atoms with E-state index in [0.717, 1.165) is 17.8 Å². The van der Waals surface area contributed by atoms with Crippen LogP contribution in [0.1, 0.15) is 49.0 Å². The fraction of sp³-hybridized carbons (Fsp3) is 0.533. The molecule has 1 amide bonds. The van der Waals surface area contributed by atoms with E-state index in [2.05, 4.69) is 15.5 Å². The van der Waals surface area contributed by atoms with Crippen LogP contribution >= 0.6 is 11.6 Å². The number of aromatic nitrogens is 4. The number of nitrogens with zero attached hydrogens (tertiary/aromatic N) is 4. The Morgan fingerprint density at radius 3 is 2.50 bits per heavy atom. The molecule has 0 aliphatic rings. The average Bonchev–Trinajstić information content (AvgIpc) is 3.02. The molecule has 1 atom stereocenters. The van der Waals surface area contributed by atoms with Crippen LogP contribution in [0.4, 0.5) is 8.78 Å². The van der Waals surface area contributed by atoms with E-state index in [1.165, 1.54) is 4.68 Å². The summed E-state index contributed by atoms with van der Waals surface area (Å²) in [5, 5.41) is 10.7. The molecule has 0 saturated carbocycles. The van der Waals surface area contributed by atoms with Crippen molar-refractivity contribution in [3.63, 3.8) is 0 Å². The van der Waals surface area contributed by atoms with Crippen LogP contribution in [-0.2, 0) is 17.9 Å². The molecule has 0 saturated heterocycles. The van der Waals surface area contributed by atoms with Crippen molar-refractivity contribution in [1.29, 1.82) is 0 Å². The summed E-state index contributed by atoms with van der Waals surface area (Å²) in [6.45, 7) is 7.87. The van der Waals surface area contributed by atoms with Crippen molar-refractivity contribution in [2.75, 3.05) is 0 Å². The van der Waals surface area contributed by atoms with Crippen molar-refractivity contribution in [1.82, 2.24) is 24.9 Å². The van der Waals surface area contributed by atoms with Crippen LogP contribution in [0.2, 0.25) is 5.02 Å². The molecular formula is C15H20ClF2N5O. The minimum absolute atomic E-state index is 0.106. The Kier molecular flexibility index (Phi) is 5.58. The molecule has 1 unspecified atom stereocenters. The second-order valence-electron chi connectivity index (χ2n) is 5.53. The third kappa shape index (κ3) is 3.58. The van der Waals surface area contributed by atoms with Gasteiger partial charge in [0.05, 0.1) is 23.0 Å². The maximum absolute atomic E-state index is 12.8. The minimum Gasteiger partial charge on any atom is -0.348 e. The zero-order valence-corrected chi connectivity index (χ0v) is 14.7. The molecule has 2 aromatic rings. The lowest BCUT2D eigenvalue weighted by atomic mass is 10.1. The van der Waals surface area contributed by atoms with Crippen LogP contribution in [0.3, 0.4) is 0 Å². The van der Waals surface area contributed by atoms with Crippen LogP contribution in [0.15, 0.2) is 6.20 Å². The van der Waals surface area contributed by atoms with Gasteiger partial charge in [0, 0.05) is 17.8 Å². The zero-order valence-electron chi connectivity index (χ0n) is 14.0. The molecule has 0 spiro atoms. The number of hydrogen-bond acceptors (Lipinski definition) is 3. The minimum atomic E-state index is -2.78. The van der Waals surface area contributed by atoms with Crippen LogP contribution in [-0.4, -0.2) is 25.5 Å². The maximum Gasteiger partial charge on any atom is 0.283 e.